The molecule has 1 rings (SSSR count). The molecule has 0 fully saturated rings. The first-order chi connectivity index (χ1) is 7.15. The van der Waals surface area contributed by atoms with Crippen molar-refractivity contribution in [1.82, 2.24) is 0 Å². The van der Waals surface area contributed by atoms with Gasteiger partial charge in [0.25, 0.3) is 0 Å². The van der Waals surface area contributed by atoms with Crippen molar-refractivity contribution < 1.29 is 9.13 Å². The van der Waals surface area contributed by atoms with E-state index in [2.05, 4.69) is 0 Å². The van der Waals surface area contributed by atoms with Gasteiger partial charge in [-0.2, -0.15) is 0 Å². The number of thioether (sulfide) groups is 1. The van der Waals surface area contributed by atoms with Crippen molar-refractivity contribution in [2.75, 3.05) is 19.5 Å². The van der Waals surface area contributed by atoms with Crippen molar-refractivity contribution in [1.29, 1.82) is 0 Å². The van der Waals surface area contributed by atoms with Gasteiger partial charge in [-0.15, -0.1) is 11.8 Å². The molecule has 0 radical (unpaired) electrons. The minimum atomic E-state index is -0.238. The summed E-state index contributed by atoms with van der Waals surface area (Å²) in [5.74, 6) is 0.611. The fraction of sp³-hybridized carbons (Fsp3) is 0.455. The largest absolute Gasteiger partial charge is 0.384 e. The van der Waals surface area contributed by atoms with Crippen molar-refractivity contribution in [3.05, 3.63) is 29.6 Å². The van der Waals surface area contributed by atoms with Crippen LogP contribution < -0.4 is 5.73 Å². The molecule has 0 aromatic heterocycles. The highest BCUT2D eigenvalue weighted by atomic mass is 32.2. The summed E-state index contributed by atoms with van der Waals surface area (Å²) in [7, 11) is 1.66. The molecule has 1 aromatic carbocycles. The Morgan fingerprint density at radius 2 is 2.27 bits per heavy atom. The number of ether oxygens (including phenoxy) is 1. The number of hydrogen-bond donors (Lipinski definition) is 1. The lowest BCUT2D eigenvalue weighted by molar-refractivity contribution is 0.218. The van der Waals surface area contributed by atoms with Gasteiger partial charge < -0.3 is 10.5 Å². The summed E-state index contributed by atoms with van der Waals surface area (Å²) in [6, 6.07) is 4.58. The first-order valence-corrected chi connectivity index (χ1v) is 5.80. The summed E-state index contributed by atoms with van der Waals surface area (Å²) >= 11 is 1.64. The van der Waals surface area contributed by atoms with Crippen LogP contribution in [-0.2, 0) is 4.74 Å². The van der Waals surface area contributed by atoms with E-state index in [-0.39, 0.29) is 11.9 Å². The van der Waals surface area contributed by atoms with Crippen LogP contribution in [0.25, 0.3) is 0 Å². The van der Waals surface area contributed by atoms with Crippen molar-refractivity contribution in [2.45, 2.75) is 17.9 Å². The van der Waals surface area contributed by atoms with Crippen LogP contribution in [0.5, 0.6) is 0 Å². The van der Waals surface area contributed by atoms with Crippen LogP contribution in [0.1, 0.15) is 18.5 Å². The van der Waals surface area contributed by atoms with Gasteiger partial charge in [0.15, 0.2) is 0 Å². The third-order valence-electron chi connectivity index (χ3n) is 2.01. The monoisotopic (exact) mass is 229 g/mol. The van der Waals surface area contributed by atoms with Gasteiger partial charge in [-0.25, -0.2) is 4.39 Å². The maximum Gasteiger partial charge on any atom is 0.123 e. The molecule has 0 aliphatic carbocycles. The van der Waals surface area contributed by atoms with Gasteiger partial charge >= 0.3 is 0 Å². The first kappa shape index (κ1) is 12.5. The summed E-state index contributed by atoms with van der Waals surface area (Å²) in [5.41, 5.74) is 6.63. The molecule has 0 bridgehead atoms. The molecule has 2 nitrogen and oxygen atoms in total. The molecule has 0 amide bonds. The highest BCUT2D eigenvalue weighted by Crippen LogP contribution is 2.27. The first-order valence-electron chi connectivity index (χ1n) is 4.82. The quantitative estimate of drug-likeness (QED) is 0.622. The molecule has 0 unspecified atom stereocenters. The third-order valence-corrected chi connectivity index (χ3v) is 3.06. The topological polar surface area (TPSA) is 35.2 Å². The van der Waals surface area contributed by atoms with Gasteiger partial charge in [0.2, 0.25) is 0 Å². The van der Waals surface area contributed by atoms with E-state index in [4.69, 9.17) is 10.5 Å². The van der Waals surface area contributed by atoms with E-state index in [0.29, 0.717) is 6.61 Å². The number of methoxy groups -OCH3 is 1. The lowest BCUT2D eigenvalue weighted by atomic mass is 10.1. The van der Waals surface area contributed by atoms with E-state index in [1.165, 1.54) is 12.1 Å². The van der Waals surface area contributed by atoms with Crippen LogP contribution in [0.15, 0.2) is 23.1 Å². The van der Waals surface area contributed by atoms with E-state index >= 15 is 0 Å². The number of nitrogens with two attached hydrogens (primary N) is 1. The molecule has 84 valence electrons. The van der Waals surface area contributed by atoms with E-state index in [0.717, 1.165) is 16.2 Å². The number of hydrogen-bond acceptors (Lipinski definition) is 3. The zero-order valence-corrected chi connectivity index (χ0v) is 9.81. The minimum absolute atomic E-state index is 0.147. The summed E-state index contributed by atoms with van der Waals surface area (Å²) in [6.45, 7) is 2.54. The molecular formula is C11H16FNOS. The van der Waals surface area contributed by atoms with Crippen LogP contribution in [0.4, 0.5) is 4.39 Å². The molecule has 4 heteroatoms. The second-order valence-corrected chi connectivity index (χ2v) is 4.45. The van der Waals surface area contributed by atoms with Gasteiger partial charge in [0.1, 0.15) is 5.82 Å². The van der Waals surface area contributed by atoms with Gasteiger partial charge in [-0.1, -0.05) is 0 Å². The minimum Gasteiger partial charge on any atom is -0.384 e. The Balaban J connectivity index is 2.77. The molecule has 0 spiro atoms. The van der Waals surface area contributed by atoms with Crippen LogP contribution in [0.2, 0.25) is 0 Å². The number of halogens is 1. The Morgan fingerprint density at radius 3 is 2.87 bits per heavy atom. The molecule has 0 aliphatic heterocycles. The van der Waals surface area contributed by atoms with Crippen molar-refractivity contribution in [3.63, 3.8) is 0 Å². The van der Waals surface area contributed by atoms with Crippen molar-refractivity contribution >= 4 is 11.8 Å². The molecule has 0 heterocycles. The van der Waals surface area contributed by atoms with Gasteiger partial charge in [-0.05, 0) is 30.7 Å². The number of rotatable bonds is 5. The Labute approximate surface area is 94.0 Å². The van der Waals surface area contributed by atoms with Crippen LogP contribution in [0, 0.1) is 5.82 Å². The predicted octanol–water partition coefficient (Wildman–Crippen LogP) is 2.58. The SMILES string of the molecule is COCCSc1ccc(F)cc1[C@H](C)N. The van der Waals surface area contributed by atoms with Crippen LogP contribution in [-0.4, -0.2) is 19.5 Å². The lowest BCUT2D eigenvalue weighted by Crippen LogP contribution is -2.07. The van der Waals surface area contributed by atoms with E-state index < -0.39 is 0 Å². The van der Waals surface area contributed by atoms with E-state index in [1.54, 1.807) is 24.9 Å². The molecule has 15 heavy (non-hydrogen) atoms. The molecule has 1 atom stereocenters. The zero-order valence-electron chi connectivity index (χ0n) is 9.00. The third kappa shape index (κ3) is 3.81. The fourth-order valence-corrected chi connectivity index (χ4v) is 2.29. The number of benzene rings is 1. The van der Waals surface area contributed by atoms with Crippen molar-refractivity contribution in [2.24, 2.45) is 5.73 Å². The Hall–Kier alpha value is -0.580. The van der Waals surface area contributed by atoms with Gasteiger partial charge in [-0.3, -0.25) is 0 Å². The molecule has 0 aliphatic rings. The molecule has 0 saturated heterocycles. The summed E-state index contributed by atoms with van der Waals surface area (Å²) in [4.78, 5) is 1.03. The average Bonchev–Trinajstić information content (AvgIpc) is 2.20. The molecular weight excluding hydrogens is 213 g/mol. The Morgan fingerprint density at radius 1 is 1.53 bits per heavy atom. The average molecular weight is 229 g/mol. The predicted molar refractivity (Wildman–Crippen MR) is 61.6 cm³/mol. The fourth-order valence-electron chi connectivity index (χ4n) is 1.24. The second-order valence-electron chi connectivity index (χ2n) is 3.31. The van der Waals surface area contributed by atoms with Gasteiger partial charge in [0, 0.05) is 23.8 Å². The smallest absolute Gasteiger partial charge is 0.123 e. The maximum absolute atomic E-state index is 13.0. The lowest BCUT2D eigenvalue weighted by Gasteiger charge is -2.12. The summed E-state index contributed by atoms with van der Waals surface area (Å²) < 4.78 is 18.0. The summed E-state index contributed by atoms with van der Waals surface area (Å²) in [6.07, 6.45) is 0. The van der Waals surface area contributed by atoms with Gasteiger partial charge in [0.05, 0.1) is 6.61 Å². The molecule has 2 N–H and O–H groups in total. The highest BCUT2D eigenvalue weighted by Gasteiger charge is 2.08. The van der Waals surface area contributed by atoms with E-state index in [1.807, 2.05) is 6.92 Å². The second kappa shape index (κ2) is 6.10. The van der Waals surface area contributed by atoms with Crippen molar-refractivity contribution in [3.8, 4) is 0 Å². The molecule has 0 saturated carbocycles. The Kier molecular flexibility index (Phi) is 5.08. The van der Waals surface area contributed by atoms with Crippen LogP contribution >= 0.6 is 11.8 Å². The normalized spacial score (nSPS) is 12.8. The van der Waals surface area contributed by atoms with E-state index in [9.17, 15) is 4.39 Å². The zero-order chi connectivity index (χ0) is 11.3. The standard InChI is InChI=1S/C11H16FNOS/c1-8(13)10-7-9(12)3-4-11(10)15-6-5-14-2/h3-4,7-8H,5-6,13H2,1-2H3/t8-/m0/s1. The summed E-state index contributed by atoms with van der Waals surface area (Å²) in [5, 5.41) is 0. The van der Waals surface area contributed by atoms with Crippen LogP contribution in [0.3, 0.4) is 0 Å². The maximum atomic E-state index is 13.0. The highest BCUT2D eigenvalue weighted by molar-refractivity contribution is 7.99. The molecule has 1 aromatic rings. The Bertz CT molecular complexity index is 317.